The first-order chi connectivity index (χ1) is 13.1. The molecule has 0 spiro atoms. The standard InChI is InChI=1S/C19H25F3N2O4Si/c1-18(2,3)29(5,6)28-15(11-14(25)16(24-23)17(26)27-4)12-7-9-13(10-8-12)19(20,21)22/h7-10,15H,11H2,1-6H3. The van der Waals surface area contributed by atoms with Crippen molar-refractivity contribution in [2.75, 3.05) is 7.11 Å². The zero-order valence-electron chi connectivity index (χ0n) is 17.3. The lowest BCUT2D eigenvalue weighted by Crippen LogP contribution is -2.42. The molecule has 0 aliphatic rings. The van der Waals surface area contributed by atoms with E-state index >= 15 is 0 Å². The quantitative estimate of drug-likeness (QED) is 0.158. The van der Waals surface area contributed by atoms with Gasteiger partial charge in [0, 0.05) is 6.42 Å². The summed E-state index contributed by atoms with van der Waals surface area (Å²) in [7, 11) is -1.41. The average molecular weight is 430 g/mol. The molecule has 1 atom stereocenters. The van der Waals surface area contributed by atoms with Crippen molar-refractivity contribution in [1.29, 1.82) is 0 Å². The molecule has 1 aromatic rings. The van der Waals surface area contributed by atoms with Crippen molar-refractivity contribution in [2.45, 2.75) is 57.6 Å². The van der Waals surface area contributed by atoms with Crippen LogP contribution in [0.1, 0.15) is 44.4 Å². The lowest BCUT2D eigenvalue weighted by atomic mass is 10.0. The maximum absolute atomic E-state index is 12.9. The predicted octanol–water partition coefficient (Wildman–Crippen LogP) is 4.57. The maximum Gasteiger partial charge on any atom is 0.441 e. The van der Waals surface area contributed by atoms with Crippen LogP contribution in [0, 0.1) is 0 Å². The normalized spacial score (nSPS) is 13.4. The van der Waals surface area contributed by atoms with E-state index in [1.165, 1.54) is 12.1 Å². The summed E-state index contributed by atoms with van der Waals surface area (Å²) in [6, 6.07) is 4.29. The van der Waals surface area contributed by atoms with E-state index in [4.69, 9.17) is 9.96 Å². The van der Waals surface area contributed by atoms with Gasteiger partial charge in [-0.3, -0.25) is 4.79 Å². The second kappa shape index (κ2) is 9.02. The molecule has 160 valence electrons. The molecular formula is C19H25F3N2O4Si. The number of hydrogen-bond donors (Lipinski definition) is 0. The fourth-order valence-electron chi connectivity index (χ4n) is 2.22. The van der Waals surface area contributed by atoms with Gasteiger partial charge in [-0.1, -0.05) is 32.9 Å². The number of methoxy groups -OCH3 is 1. The second-order valence-corrected chi connectivity index (χ2v) is 12.8. The minimum absolute atomic E-state index is 0.240. The third-order valence-corrected chi connectivity index (χ3v) is 9.45. The molecule has 0 saturated heterocycles. The summed E-state index contributed by atoms with van der Waals surface area (Å²) >= 11 is 0. The third kappa shape index (κ3) is 6.35. The first-order valence-electron chi connectivity index (χ1n) is 8.82. The van der Waals surface area contributed by atoms with Crippen molar-refractivity contribution in [3.05, 3.63) is 40.9 Å². The molecule has 0 aliphatic heterocycles. The van der Waals surface area contributed by atoms with Crippen molar-refractivity contribution in [3.8, 4) is 0 Å². The number of rotatable bonds is 7. The van der Waals surface area contributed by atoms with E-state index in [0.29, 0.717) is 5.56 Å². The number of halogens is 3. The number of ether oxygens (including phenoxy) is 1. The predicted molar refractivity (Wildman–Crippen MR) is 103 cm³/mol. The third-order valence-electron chi connectivity index (χ3n) is 4.97. The molecule has 6 nitrogen and oxygen atoms in total. The molecule has 0 aliphatic carbocycles. The first kappa shape index (κ1) is 24.7. The highest BCUT2D eigenvalue weighted by Gasteiger charge is 2.41. The van der Waals surface area contributed by atoms with Crippen LogP contribution in [-0.4, -0.2) is 37.7 Å². The highest BCUT2D eigenvalue weighted by Crippen LogP contribution is 2.41. The van der Waals surface area contributed by atoms with E-state index in [2.05, 4.69) is 9.53 Å². The summed E-state index contributed by atoms with van der Waals surface area (Å²) < 4.78 is 49.2. The number of carbonyl (C=O) groups is 2. The number of ketones is 1. The number of esters is 1. The average Bonchev–Trinajstić information content (AvgIpc) is 2.59. The Labute approximate surface area is 168 Å². The Morgan fingerprint density at radius 3 is 2.03 bits per heavy atom. The molecule has 0 aromatic heterocycles. The monoisotopic (exact) mass is 430 g/mol. The van der Waals surface area contributed by atoms with Gasteiger partial charge in [-0.25, -0.2) is 4.79 Å². The van der Waals surface area contributed by atoms with Crippen LogP contribution in [0.25, 0.3) is 5.53 Å². The molecule has 10 heteroatoms. The van der Waals surface area contributed by atoms with Gasteiger partial charge >= 0.3 is 17.9 Å². The largest absolute Gasteiger partial charge is 0.460 e. The summed E-state index contributed by atoms with van der Waals surface area (Å²) in [6.07, 6.45) is -5.81. The van der Waals surface area contributed by atoms with Gasteiger partial charge < -0.3 is 14.7 Å². The number of benzene rings is 1. The highest BCUT2D eigenvalue weighted by molar-refractivity contribution is 6.74. The Morgan fingerprint density at radius 1 is 1.14 bits per heavy atom. The Hall–Kier alpha value is -2.29. The molecule has 1 unspecified atom stereocenters. The van der Waals surface area contributed by atoms with Crippen molar-refractivity contribution in [3.63, 3.8) is 0 Å². The van der Waals surface area contributed by atoms with Crippen molar-refractivity contribution < 1.29 is 36.7 Å². The van der Waals surface area contributed by atoms with Crippen LogP contribution in [0.15, 0.2) is 24.3 Å². The second-order valence-electron chi connectivity index (χ2n) is 8.05. The van der Waals surface area contributed by atoms with E-state index in [-0.39, 0.29) is 5.04 Å². The maximum atomic E-state index is 12.9. The van der Waals surface area contributed by atoms with E-state index in [9.17, 15) is 22.8 Å². The smallest absolute Gasteiger partial charge is 0.441 e. The van der Waals surface area contributed by atoms with Crippen molar-refractivity contribution in [1.82, 2.24) is 0 Å². The molecule has 29 heavy (non-hydrogen) atoms. The van der Waals surface area contributed by atoms with Crippen LogP contribution >= 0.6 is 0 Å². The minimum atomic E-state index is -4.49. The van der Waals surface area contributed by atoms with Crippen molar-refractivity contribution >= 4 is 25.8 Å². The molecule has 0 bridgehead atoms. The Balaban J connectivity index is 3.31. The fraction of sp³-hybridized carbons (Fsp3) is 0.526. The van der Waals surface area contributed by atoms with Gasteiger partial charge in [0.1, 0.15) is 0 Å². The van der Waals surface area contributed by atoms with E-state index in [1.807, 2.05) is 33.9 Å². The topological polar surface area (TPSA) is 89.0 Å². The summed E-state index contributed by atoms with van der Waals surface area (Å²) in [5.74, 6) is -1.96. The van der Waals surface area contributed by atoms with Crippen LogP contribution < -0.4 is 0 Å². The summed E-state index contributed by atoms with van der Waals surface area (Å²) in [5, 5.41) is -0.240. The molecule has 0 saturated carbocycles. The van der Waals surface area contributed by atoms with E-state index < -0.39 is 50.0 Å². The summed E-state index contributed by atoms with van der Waals surface area (Å²) in [6.45, 7) is 9.77. The van der Waals surface area contributed by atoms with Gasteiger partial charge in [0.15, 0.2) is 8.32 Å². The van der Waals surface area contributed by atoms with Gasteiger partial charge in [-0.15, -0.1) is 0 Å². The zero-order chi connectivity index (χ0) is 22.6. The number of hydrogen-bond acceptors (Lipinski definition) is 4. The zero-order valence-corrected chi connectivity index (χ0v) is 18.3. The number of carbonyl (C=O) groups excluding carboxylic acids is 2. The molecule has 0 heterocycles. The fourth-order valence-corrected chi connectivity index (χ4v) is 3.50. The van der Waals surface area contributed by atoms with Gasteiger partial charge in [-0.05, 0) is 35.8 Å². The highest BCUT2D eigenvalue weighted by atomic mass is 28.4. The van der Waals surface area contributed by atoms with Crippen LogP contribution in [0.3, 0.4) is 0 Å². The Morgan fingerprint density at radius 2 is 1.66 bits per heavy atom. The number of nitrogens with zero attached hydrogens (tertiary/aromatic N) is 2. The van der Waals surface area contributed by atoms with Crippen LogP contribution in [0.4, 0.5) is 13.2 Å². The Kier molecular flexibility index (Phi) is 7.70. The Bertz CT molecular complexity index is 808. The number of alkyl halides is 3. The van der Waals surface area contributed by atoms with E-state index in [1.54, 1.807) is 0 Å². The molecule has 1 rings (SSSR count). The van der Waals surface area contributed by atoms with Gasteiger partial charge in [0.05, 0.1) is 18.8 Å². The molecule has 0 radical (unpaired) electrons. The molecular weight excluding hydrogens is 405 g/mol. The molecule has 0 amide bonds. The van der Waals surface area contributed by atoms with Gasteiger partial charge in [0.25, 0.3) is 5.78 Å². The van der Waals surface area contributed by atoms with Crippen LogP contribution in [0.2, 0.25) is 18.1 Å². The van der Waals surface area contributed by atoms with Gasteiger partial charge in [-0.2, -0.15) is 18.0 Å². The molecule has 0 fully saturated rings. The van der Waals surface area contributed by atoms with Crippen LogP contribution in [0.5, 0.6) is 0 Å². The lowest BCUT2D eigenvalue weighted by molar-refractivity contribution is -0.140. The molecule has 1 aromatic carbocycles. The van der Waals surface area contributed by atoms with E-state index in [0.717, 1.165) is 19.2 Å². The first-order valence-corrected chi connectivity index (χ1v) is 11.7. The number of Topliss-reactive ketones (excluding diaryl/α,β-unsaturated/α-hetero) is 1. The van der Waals surface area contributed by atoms with Gasteiger partial charge in [0.2, 0.25) is 0 Å². The van der Waals surface area contributed by atoms with Crippen molar-refractivity contribution in [2.24, 2.45) is 0 Å². The minimum Gasteiger partial charge on any atom is -0.460 e. The van der Waals surface area contributed by atoms with Crippen LogP contribution in [-0.2, 0) is 24.9 Å². The summed E-state index contributed by atoms with van der Waals surface area (Å²) in [5.41, 5.74) is 7.69. The SMILES string of the molecule is COC(=O)C(=[N+]=[N-])C(=O)CC(O[Si](C)(C)C(C)(C)C)c1ccc(C(F)(F)F)cc1. The lowest BCUT2D eigenvalue weighted by Gasteiger charge is -2.39. The summed E-state index contributed by atoms with van der Waals surface area (Å²) in [4.78, 5) is 26.8. The molecule has 0 N–H and O–H groups in total.